The minimum absolute atomic E-state index is 0.148. The maximum Gasteiger partial charge on any atom is 0.261 e. The van der Waals surface area contributed by atoms with Crippen molar-refractivity contribution in [3.8, 4) is 11.5 Å². The summed E-state index contributed by atoms with van der Waals surface area (Å²) in [7, 11) is 0. The van der Waals surface area contributed by atoms with Crippen LogP contribution in [0.2, 0.25) is 5.02 Å². The number of amides is 1. The summed E-state index contributed by atoms with van der Waals surface area (Å²) < 4.78 is 11.6. The molecule has 5 heteroatoms. The van der Waals surface area contributed by atoms with Crippen LogP contribution < -0.4 is 14.8 Å². The molecule has 1 atom stereocenters. The quantitative estimate of drug-likeness (QED) is 0.685. The molecule has 0 heterocycles. The minimum Gasteiger partial charge on any atom is -0.491 e. The first-order valence-corrected chi connectivity index (χ1v) is 9.19. The molecule has 1 amide bonds. The van der Waals surface area contributed by atoms with Crippen molar-refractivity contribution >= 4 is 17.5 Å². The average Bonchev–Trinajstić information content (AvgIpc) is 2.62. The van der Waals surface area contributed by atoms with Crippen LogP contribution in [-0.2, 0) is 4.79 Å². The number of carbonyl (C=O) groups is 1. The van der Waals surface area contributed by atoms with Crippen LogP contribution in [0, 0.1) is 20.8 Å². The maximum atomic E-state index is 12.3. The predicted octanol–water partition coefficient (Wildman–Crippen LogP) is 4.62. The number of aryl methyl sites for hydroxylation is 2. The van der Waals surface area contributed by atoms with Gasteiger partial charge in [0.25, 0.3) is 5.91 Å². The van der Waals surface area contributed by atoms with Gasteiger partial charge < -0.3 is 14.8 Å². The van der Waals surface area contributed by atoms with Gasteiger partial charge in [-0.15, -0.1) is 0 Å². The molecule has 0 fully saturated rings. The van der Waals surface area contributed by atoms with E-state index < -0.39 is 6.10 Å². The van der Waals surface area contributed by atoms with Crippen LogP contribution in [0.4, 0.5) is 0 Å². The third kappa shape index (κ3) is 5.40. The summed E-state index contributed by atoms with van der Waals surface area (Å²) in [6.07, 6.45) is 0.0296. The minimum atomic E-state index is -0.545. The van der Waals surface area contributed by atoms with E-state index in [2.05, 4.69) is 5.32 Å². The van der Waals surface area contributed by atoms with Gasteiger partial charge in [0.15, 0.2) is 6.10 Å². The van der Waals surface area contributed by atoms with Crippen LogP contribution in [0.25, 0.3) is 0 Å². The number of ether oxygens (including phenoxy) is 2. The normalized spacial score (nSPS) is 11.7. The first kappa shape index (κ1) is 20.1. The zero-order valence-corrected chi connectivity index (χ0v) is 16.5. The topological polar surface area (TPSA) is 47.6 Å². The molecule has 0 aliphatic rings. The molecule has 0 aliphatic heterocycles. The molecule has 2 rings (SSSR count). The second-order valence-electron chi connectivity index (χ2n) is 6.26. The third-order valence-corrected chi connectivity index (χ3v) is 4.71. The molecular weight excluding hydrogens is 350 g/mol. The second kappa shape index (κ2) is 9.48. The monoisotopic (exact) mass is 375 g/mol. The number of benzene rings is 2. The summed E-state index contributed by atoms with van der Waals surface area (Å²) in [5.74, 6) is 1.34. The van der Waals surface area contributed by atoms with Crippen LogP contribution >= 0.6 is 11.6 Å². The second-order valence-corrected chi connectivity index (χ2v) is 6.67. The Morgan fingerprint density at radius 1 is 1.15 bits per heavy atom. The Labute approximate surface area is 160 Å². The molecule has 140 valence electrons. The molecule has 0 spiro atoms. The molecule has 0 unspecified atom stereocenters. The number of hydrogen-bond donors (Lipinski definition) is 1. The largest absolute Gasteiger partial charge is 0.491 e. The van der Waals surface area contributed by atoms with Crippen molar-refractivity contribution in [3.05, 3.63) is 58.1 Å². The molecule has 4 nitrogen and oxygen atoms in total. The molecule has 0 saturated heterocycles. The molecular formula is C21H26ClNO3. The van der Waals surface area contributed by atoms with Gasteiger partial charge in [0, 0.05) is 5.02 Å². The van der Waals surface area contributed by atoms with Crippen LogP contribution in [0.15, 0.2) is 36.4 Å². The summed E-state index contributed by atoms with van der Waals surface area (Å²) in [4.78, 5) is 12.3. The predicted molar refractivity (Wildman–Crippen MR) is 105 cm³/mol. The fourth-order valence-corrected chi connectivity index (χ4v) is 2.62. The highest BCUT2D eigenvalue weighted by atomic mass is 35.5. The van der Waals surface area contributed by atoms with Gasteiger partial charge in [0.05, 0.1) is 6.54 Å². The summed E-state index contributed by atoms with van der Waals surface area (Å²) >= 11 is 6.02. The van der Waals surface area contributed by atoms with Crippen LogP contribution in [-0.4, -0.2) is 25.2 Å². The lowest BCUT2D eigenvalue weighted by molar-refractivity contribution is -0.128. The van der Waals surface area contributed by atoms with Crippen molar-refractivity contribution in [2.24, 2.45) is 0 Å². The van der Waals surface area contributed by atoms with Gasteiger partial charge in [0.2, 0.25) is 0 Å². The Morgan fingerprint density at radius 3 is 2.62 bits per heavy atom. The van der Waals surface area contributed by atoms with Gasteiger partial charge in [-0.3, -0.25) is 4.79 Å². The van der Waals surface area contributed by atoms with Crippen molar-refractivity contribution in [1.29, 1.82) is 0 Å². The highest BCUT2D eigenvalue weighted by Gasteiger charge is 2.18. The van der Waals surface area contributed by atoms with E-state index in [0.717, 1.165) is 16.9 Å². The number of carbonyl (C=O) groups excluding carboxylic acids is 1. The third-order valence-electron chi connectivity index (χ3n) is 4.28. The average molecular weight is 376 g/mol. The smallest absolute Gasteiger partial charge is 0.261 e. The molecule has 26 heavy (non-hydrogen) atoms. The number of nitrogens with one attached hydrogen (secondary N) is 1. The van der Waals surface area contributed by atoms with Gasteiger partial charge >= 0.3 is 0 Å². The fourth-order valence-electron chi connectivity index (χ4n) is 2.51. The van der Waals surface area contributed by atoms with E-state index in [-0.39, 0.29) is 5.91 Å². The zero-order chi connectivity index (χ0) is 19.1. The van der Waals surface area contributed by atoms with Gasteiger partial charge in [-0.25, -0.2) is 0 Å². The lowest BCUT2D eigenvalue weighted by Crippen LogP contribution is -2.39. The van der Waals surface area contributed by atoms with E-state index in [1.165, 1.54) is 5.56 Å². The lowest BCUT2D eigenvalue weighted by Gasteiger charge is -2.18. The number of rotatable bonds is 8. The Morgan fingerprint density at radius 2 is 1.92 bits per heavy atom. The van der Waals surface area contributed by atoms with E-state index >= 15 is 0 Å². The van der Waals surface area contributed by atoms with Crippen molar-refractivity contribution in [1.82, 2.24) is 5.32 Å². The number of hydrogen-bond acceptors (Lipinski definition) is 3. The standard InChI is InChI=1S/C21H26ClNO3/c1-5-19(26-17-9-10-18(22)15(3)13-17)21(24)23-11-12-25-20-8-6-7-14(2)16(20)4/h6-10,13,19H,5,11-12H2,1-4H3,(H,23,24)/t19-/m1/s1. The molecule has 0 aromatic heterocycles. The van der Waals surface area contributed by atoms with Crippen LogP contribution in [0.1, 0.15) is 30.0 Å². The Bertz CT molecular complexity index is 761. The van der Waals surface area contributed by atoms with E-state index in [9.17, 15) is 4.79 Å². The van der Waals surface area contributed by atoms with E-state index in [1.807, 2.05) is 52.0 Å². The van der Waals surface area contributed by atoms with Gasteiger partial charge in [-0.1, -0.05) is 30.7 Å². The van der Waals surface area contributed by atoms with Crippen molar-refractivity contribution in [2.75, 3.05) is 13.2 Å². The summed E-state index contributed by atoms with van der Waals surface area (Å²) in [5.41, 5.74) is 3.22. The molecule has 0 radical (unpaired) electrons. The SMILES string of the molecule is CC[C@@H](Oc1ccc(Cl)c(C)c1)C(=O)NCCOc1cccc(C)c1C. The maximum absolute atomic E-state index is 12.3. The molecule has 1 N–H and O–H groups in total. The molecule has 2 aromatic rings. The van der Waals surface area contributed by atoms with Crippen molar-refractivity contribution < 1.29 is 14.3 Å². The van der Waals surface area contributed by atoms with Crippen LogP contribution in [0.3, 0.4) is 0 Å². The molecule has 0 saturated carbocycles. The molecule has 0 bridgehead atoms. The highest BCUT2D eigenvalue weighted by molar-refractivity contribution is 6.31. The van der Waals surface area contributed by atoms with Gasteiger partial charge in [-0.2, -0.15) is 0 Å². The van der Waals surface area contributed by atoms with Crippen molar-refractivity contribution in [2.45, 2.75) is 40.2 Å². The lowest BCUT2D eigenvalue weighted by atomic mass is 10.1. The summed E-state index contributed by atoms with van der Waals surface area (Å²) in [5, 5.41) is 3.55. The zero-order valence-electron chi connectivity index (χ0n) is 15.8. The summed E-state index contributed by atoms with van der Waals surface area (Å²) in [6.45, 7) is 8.72. The van der Waals surface area contributed by atoms with Crippen LogP contribution in [0.5, 0.6) is 11.5 Å². The van der Waals surface area contributed by atoms with E-state index in [4.69, 9.17) is 21.1 Å². The molecule has 0 aliphatic carbocycles. The number of halogens is 1. The first-order chi connectivity index (χ1) is 12.4. The first-order valence-electron chi connectivity index (χ1n) is 8.82. The Hall–Kier alpha value is -2.20. The Kier molecular flexibility index (Phi) is 7.34. The highest BCUT2D eigenvalue weighted by Crippen LogP contribution is 2.22. The van der Waals surface area contributed by atoms with Crippen molar-refractivity contribution in [3.63, 3.8) is 0 Å². The van der Waals surface area contributed by atoms with Gasteiger partial charge in [0.1, 0.15) is 18.1 Å². The van der Waals surface area contributed by atoms with E-state index in [1.54, 1.807) is 12.1 Å². The Balaban J connectivity index is 1.83. The fraction of sp³-hybridized carbons (Fsp3) is 0.381. The van der Waals surface area contributed by atoms with Gasteiger partial charge in [-0.05, 0) is 68.1 Å². The van der Waals surface area contributed by atoms with E-state index in [0.29, 0.717) is 30.3 Å². The summed E-state index contributed by atoms with van der Waals surface area (Å²) in [6, 6.07) is 11.3. The molecule has 2 aromatic carbocycles.